The predicted molar refractivity (Wildman–Crippen MR) is 80.9 cm³/mol. The number of hydrogen-bond donors (Lipinski definition) is 0. The zero-order valence-corrected chi connectivity index (χ0v) is 13.2. The molecule has 0 saturated carbocycles. The Hall–Kier alpha value is 0.620. The molecule has 1 heterocycles. The average molecular weight is 277 g/mol. The summed E-state index contributed by atoms with van der Waals surface area (Å²) in [6.45, 7) is 12.2. The van der Waals surface area contributed by atoms with Gasteiger partial charge in [0.2, 0.25) is 0 Å². The molecular weight excluding hydrogens is 250 g/mol. The maximum atomic E-state index is 5.39. The summed E-state index contributed by atoms with van der Waals surface area (Å²) in [6.07, 6.45) is 4.06. The fourth-order valence-corrected chi connectivity index (χ4v) is 4.61. The smallest absolute Gasteiger partial charge is 0.0594 e. The van der Waals surface area contributed by atoms with Crippen LogP contribution in [0.5, 0.6) is 0 Å². The van der Waals surface area contributed by atoms with Crippen LogP contribution in [0.1, 0.15) is 40.0 Å². The molecular formula is C13H27NOS2. The first-order valence-electron chi connectivity index (χ1n) is 6.75. The number of unbranched alkanes of at least 4 members (excludes halogenated alkanes) is 2. The Balaban J connectivity index is 2.11. The van der Waals surface area contributed by atoms with Gasteiger partial charge in [-0.1, -0.05) is 41.4 Å². The van der Waals surface area contributed by atoms with Gasteiger partial charge in [-0.15, -0.1) is 0 Å². The van der Waals surface area contributed by atoms with Gasteiger partial charge < -0.3 is 4.74 Å². The van der Waals surface area contributed by atoms with Crippen molar-refractivity contribution in [1.29, 1.82) is 0 Å². The molecule has 17 heavy (non-hydrogen) atoms. The van der Waals surface area contributed by atoms with E-state index in [4.69, 9.17) is 4.74 Å². The Kier molecular flexibility index (Phi) is 8.00. The zero-order chi connectivity index (χ0) is 12.6. The molecule has 0 spiro atoms. The fourth-order valence-electron chi connectivity index (χ4n) is 1.94. The molecule has 1 aliphatic rings. The van der Waals surface area contributed by atoms with Crippen LogP contribution in [0.2, 0.25) is 0 Å². The van der Waals surface area contributed by atoms with Crippen LogP contribution < -0.4 is 0 Å². The largest absolute Gasteiger partial charge is 0.379 e. The van der Waals surface area contributed by atoms with Crippen molar-refractivity contribution in [2.24, 2.45) is 0 Å². The first kappa shape index (κ1) is 15.7. The molecule has 2 nitrogen and oxygen atoms in total. The molecule has 4 heteroatoms. The Morgan fingerprint density at radius 3 is 2.53 bits per heavy atom. The maximum absolute atomic E-state index is 5.39. The van der Waals surface area contributed by atoms with Gasteiger partial charge in [0.25, 0.3) is 0 Å². The van der Waals surface area contributed by atoms with Crippen LogP contribution in [-0.4, -0.2) is 48.2 Å². The molecule has 0 atom stereocenters. The number of hydrogen-bond acceptors (Lipinski definition) is 4. The lowest BCUT2D eigenvalue weighted by Crippen LogP contribution is -2.43. The zero-order valence-electron chi connectivity index (χ0n) is 11.5. The van der Waals surface area contributed by atoms with Crippen LogP contribution in [0, 0.1) is 0 Å². The molecule has 0 N–H and O–H groups in total. The van der Waals surface area contributed by atoms with Gasteiger partial charge in [-0.2, -0.15) is 0 Å². The van der Waals surface area contributed by atoms with Gasteiger partial charge in [0.15, 0.2) is 0 Å². The Labute approximate surface area is 115 Å². The van der Waals surface area contributed by atoms with Crippen LogP contribution in [0.3, 0.4) is 0 Å². The van der Waals surface area contributed by atoms with Crippen molar-refractivity contribution in [3.8, 4) is 0 Å². The molecule has 1 fully saturated rings. The third-order valence-corrected chi connectivity index (χ3v) is 6.18. The van der Waals surface area contributed by atoms with Crippen LogP contribution in [-0.2, 0) is 4.74 Å². The van der Waals surface area contributed by atoms with Crippen LogP contribution in [0.15, 0.2) is 0 Å². The highest BCUT2D eigenvalue weighted by Gasteiger charge is 2.23. The predicted octanol–water partition coefficient (Wildman–Crippen LogP) is 3.67. The minimum atomic E-state index is 0.355. The van der Waals surface area contributed by atoms with E-state index in [-0.39, 0.29) is 0 Å². The van der Waals surface area contributed by atoms with Crippen LogP contribution in [0.4, 0.5) is 0 Å². The molecule has 0 bridgehead atoms. The molecule has 0 aromatic carbocycles. The quantitative estimate of drug-likeness (QED) is 0.495. The molecule has 102 valence electrons. The SMILES string of the molecule is CCCCCSSC(C)(C)CN1CCOCC1. The molecule has 0 aromatic rings. The standard InChI is InChI=1S/C13H27NOS2/c1-4-5-6-11-16-17-13(2,3)12-14-7-9-15-10-8-14/h4-12H2,1-3H3. The van der Waals surface area contributed by atoms with Crippen LogP contribution in [0.25, 0.3) is 0 Å². The van der Waals surface area contributed by atoms with E-state index in [2.05, 4.69) is 36.5 Å². The molecule has 0 radical (unpaired) electrons. The van der Waals surface area contributed by atoms with E-state index >= 15 is 0 Å². The summed E-state index contributed by atoms with van der Waals surface area (Å²) in [6, 6.07) is 0. The van der Waals surface area contributed by atoms with E-state index < -0.39 is 0 Å². The van der Waals surface area contributed by atoms with E-state index in [0.29, 0.717) is 4.75 Å². The lowest BCUT2D eigenvalue weighted by molar-refractivity contribution is 0.0350. The van der Waals surface area contributed by atoms with Crippen molar-refractivity contribution < 1.29 is 4.74 Å². The van der Waals surface area contributed by atoms with E-state index in [1.54, 1.807) is 0 Å². The van der Waals surface area contributed by atoms with Crippen molar-refractivity contribution in [2.75, 3.05) is 38.6 Å². The molecule has 0 aromatic heterocycles. The molecule has 1 rings (SSSR count). The second kappa shape index (κ2) is 8.68. The molecule has 0 aliphatic carbocycles. The van der Waals surface area contributed by atoms with Crippen LogP contribution >= 0.6 is 21.6 Å². The van der Waals surface area contributed by atoms with Crippen molar-refractivity contribution >= 4 is 21.6 Å². The summed E-state index contributed by atoms with van der Waals surface area (Å²) in [7, 11) is 4.10. The van der Waals surface area contributed by atoms with Crippen molar-refractivity contribution in [3.63, 3.8) is 0 Å². The third kappa shape index (κ3) is 7.60. The van der Waals surface area contributed by atoms with E-state index in [1.807, 2.05) is 10.8 Å². The third-order valence-electron chi connectivity index (χ3n) is 2.82. The first-order chi connectivity index (χ1) is 8.14. The average Bonchev–Trinajstić information content (AvgIpc) is 2.29. The first-order valence-corrected chi connectivity index (χ1v) is 9.07. The number of rotatable bonds is 8. The molecule has 1 saturated heterocycles. The topological polar surface area (TPSA) is 12.5 Å². The fraction of sp³-hybridized carbons (Fsp3) is 1.00. The highest BCUT2D eigenvalue weighted by Crippen LogP contribution is 2.36. The summed E-state index contributed by atoms with van der Waals surface area (Å²) in [4.78, 5) is 2.53. The Morgan fingerprint density at radius 1 is 1.18 bits per heavy atom. The highest BCUT2D eigenvalue weighted by molar-refractivity contribution is 8.77. The highest BCUT2D eigenvalue weighted by atomic mass is 33.1. The molecule has 1 aliphatic heterocycles. The van der Waals surface area contributed by atoms with Gasteiger partial charge in [-0.05, 0) is 20.3 Å². The summed E-state index contributed by atoms with van der Waals surface area (Å²) >= 11 is 0. The minimum Gasteiger partial charge on any atom is -0.379 e. The lowest BCUT2D eigenvalue weighted by atomic mass is 10.2. The Bertz CT molecular complexity index is 194. The van der Waals surface area contributed by atoms with Gasteiger partial charge in [0.1, 0.15) is 0 Å². The second-order valence-corrected chi connectivity index (χ2v) is 8.38. The van der Waals surface area contributed by atoms with E-state index in [0.717, 1.165) is 26.3 Å². The number of nitrogens with zero attached hydrogens (tertiary/aromatic N) is 1. The van der Waals surface area contributed by atoms with Gasteiger partial charge >= 0.3 is 0 Å². The van der Waals surface area contributed by atoms with E-state index in [9.17, 15) is 0 Å². The van der Waals surface area contributed by atoms with Crippen molar-refractivity contribution in [3.05, 3.63) is 0 Å². The van der Waals surface area contributed by atoms with Gasteiger partial charge in [-0.25, -0.2) is 0 Å². The van der Waals surface area contributed by atoms with E-state index in [1.165, 1.54) is 31.6 Å². The molecule has 0 unspecified atom stereocenters. The summed E-state index contributed by atoms with van der Waals surface area (Å²) in [5, 5.41) is 0. The summed E-state index contributed by atoms with van der Waals surface area (Å²) < 4.78 is 5.74. The second-order valence-electron chi connectivity index (χ2n) is 5.26. The lowest BCUT2D eigenvalue weighted by Gasteiger charge is -2.34. The summed E-state index contributed by atoms with van der Waals surface area (Å²) in [5.41, 5.74) is 0. The van der Waals surface area contributed by atoms with Crippen molar-refractivity contribution in [1.82, 2.24) is 4.90 Å². The number of ether oxygens (including phenoxy) is 1. The monoisotopic (exact) mass is 277 g/mol. The molecule has 0 amide bonds. The number of morpholine rings is 1. The minimum absolute atomic E-state index is 0.355. The maximum Gasteiger partial charge on any atom is 0.0594 e. The van der Waals surface area contributed by atoms with Gasteiger partial charge in [-0.3, -0.25) is 4.90 Å². The van der Waals surface area contributed by atoms with Gasteiger partial charge in [0.05, 0.1) is 13.2 Å². The van der Waals surface area contributed by atoms with Crippen molar-refractivity contribution in [2.45, 2.75) is 44.8 Å². The Morgan fingerprint density at radius 2 is 1.88 bits per heavy atom. The normalized spacial score (nSPS) is 18.5. The summed E-state index contributed by atoms with van der Waals surface area (Å²) in [5.74, 6) is 1.30. The van der Waals surface area contributed by atoms with Gasteiger partial charge in [0, 0.05) is 30.1 Å².